The number of aliphatic imine (C=N–C) groups is 1. The van der Waals surface area contributed by atoms with E-state index in [2.05, 4.69) is 24.2 Å². The Morgan fingerprint density at radius 1 is 1.48 bits per heavy atom. The standard InChI is InChI=1S/C15H19FN2O3/c1-10(2)8-20-15(14-17-6-7-18-14)9-19-13-11(16)4-3-5-12(13)21-15/h3-5,10H,6-9H2,1-2H3,(H,17,18). The minimum Gasteiger partial charge on any atom is -0.479 e. The molecule has 2 heterocycles. The van der Waals surface area contributed by atoms with Crippen molar-refractivity contribution < 1.29 is 18.6 Å². The van der Waals surface area contributed by atoms with Crippen LogP contribution in [0.25, 0.3) is 0 Å². The third-order valence-electron chi connectivity index (χ3n) is 3.30. The zero-order valence-electron chi connectivity index (χ0n) is 12.2. The fraction of sp³-hybridized carbons (Fsp3) is 0.533. The van der Waals surface area contributed by atoms with E-state index in [1.165, 1.54) is 6.07 Å². The van der Waals surface area contributed by atoms with Gasteiger partial charge in [-0.15, -0.1) is 0 Å². The van der Waals surface area contributed by atoms with Crippen LogP contribution in [-0.2, 0) is 4.74 Å². The number of ether oxygens (including phenoxy) is 3. The summed E-state index contributed by atoms with van der Waals surface area (Å²) in [4.78, 5) is 4.39. The number of para-hydroxylation sites is 1. The van der Waals surface area contributed by atoms with Crippen LogP contribution in [0, 0.1) is 11.7 Å². The summed E-state index contributed by atoms with van der Waals surface area (Å²) in [6.45, 7) is 6.07. The minimum atomic E-state index is -1.12. The van der Waals surface area contributed by atoms with Gasteiger partial charge < -0.3 is 19.5 Å². The first-order chi connectivity index (χ1) is 10.1. The van der Waals surface area contributed by atoms with Crippen LogP contribution in [0.15, 0.2) is 23.2 Å². The Bertz CT molecular complexity index is 562. The van der Waals surface area contributed by atoms with Gasteiger partial charge in [0.25, 0.3) is 0 Å². The van der Waals surface area contributed by atoms with Crippen molar-refractivity contribution >= 4 is 5.84 Å². The second-order valence-electron chi connectivity index (χ2n) is 5.57. The van der Waals surface area contributed by atoms with Crippen molar-refractivity contribution in [2.75, 3.05) is 26.3 Å². The summed E-state index contributed by atoms with van der Waals surface area (Å²) < 4.78 is 31.2. The Morgan fingerprint density at radius 3 is 3.05 bits per heavy atom. The number of amidine groups is 1. The molecule has 0 bridgehead atoms. The minimum absolute atomic E-state index is 0.0689. The van der Waals surface area contributed by atoms with Gasteiger partial charge in [-0.25, -0.2) is 4.39 Å². The Kier molecular flexibility index (Phi) is 3.71. The maximum absolute atomic E-state index is 13.7. The zero-order chi connectivity index (χ0) is 14.9. The predicted octanol–water partition coefficient (Wildman–Crippen LogP) is 1.97. The lowest BCUT2D eigenvalue weighted by Gasteiger charge is -2.38. The maximum atomic E-state index is 13.7. The van der Waals surface area contributed by atoms with Crippen LogP contribution in [0.2, 0.25) is 0 Å². The highest BCUT2D eigenvalue weighted by Crippen LogP contribution is 2.38. The molecule has 114 valence electrons. The number of hydrogen-bond donors (Lipinski definition) is 1. The second-order valence-corrected chi connectivity index (χ2v) is 5.57. The molecule has 0 amide bonds. The van der Waals surface area contributed by atoms with Crippen LogP contribution in [0.1, 0.15) is 13.8 Å². The molecule has 1 aromatic rings. The molecule has 0 spiro atoms. The van der Waals surface area contributed by atoms with Crippen LogP contribution < -0.4 is 14.8 Å². The molecule has 0 radical (unpaired) electrons. The van der Waals surface area contributed by atoms with Gasteiger partial charge in [0.05, 0.1) is 13.2 Å². The van der Waals surface area contributed by atoms with E-state index in [4.69, 9.17) is 14.2 Å². The van der Waals surface area contributed by atoms with E-state index in [-0.39, 0.29) is 12.4 Å². The Hall–Kier alpha value is -1.82. The highest BCUT2D eigenvalue weighted by Gasteiger charge is 2.46. The van der Waals surface area contributed by atoms with Gasteiger partial charge in [0.15, 0.2) is 29.8 Å². The maximum Gasteiger partial charge on any atom is 0.304 e. The van der Waals surface area contributed by atoms with Crippen molar-refractivity contribution in [3.63, 3.8) is 0 Å². The molecule has 0 saturated carbocycles. The van der Waals surface area contributed by atoms with E-state index in [1.807, 2.05) is 0 Å². The van der Waals surface area contributed by atoms with Crippen molar-refractivity contribution in [1.29, 1.82) is 0 Å². The summed E-state index contributed by atoms with van der Waals surface area (Å²) >= 11 is 0. The molecular formula is C15H19FN2O3. The summed E-state index contributed by atoms with van der Waals surface area (Å²) in [5, 5.41) is 3.16. The van der Waals surface area contributed by atoms with E-state index in [9.17, 15) is 4.39 Å². The predicted molar refractivity (Wildman–Crippen MR) is 76.3 cm³/mol. The molecule has 1 unspecified atom stereocenters. The van der Waals surface area contributed by atoms with Gasteiger partial charge in [0, 0.05) is 6.54 Å². The van der Waals surface area contributed by atoms with Crippen molar-refractivity contribution in [3.8, 4) is 11.5 Å². The topological polar surface area (TPSA) is 52.1 Å². The molecule has 1 atom stereocenters. The number of fused-ring (bicyclic) bond motifs is 1. The molecule has 0 aliphatic carbocycles. The Labute approximate surface area is 123 Å². The van der Waals surface area contributed by atoms with Gasteiger partial charge in [-0.2, -0.15) is 0 Å². The third kappa shape index (κ3) is 2.68. The van der Waals surface area contributed by atoms with Crippen LogP contribution in [0.4, 0.5) is 4.39 Å². The summed E-state index contributed by atoms with van der Waals surface area (Å²) in [5.74, 6) is -0.159. The monoisotopic (exact) mass is 294 g/mol. The zero-order valence-corrected chi connectivity index (χ0v) is 12.2. The summed E-state index contributed by atoms with van der Waals surface area (Å²) in [6, 6.07) is 4.59. The van der Waals surface area contributed by atoms with Gasteiger partial charge in [0.2, 0.25) is 0 Å². The van der Waals surface area contributed by atoms with Gasteiger partial charge in [-0.05, 0) is 18.1 Å². The van der Waals surface area contributed by atoms with Crippen LogP contribution >= 0.6 is 0 Å². The SMILES string of the molecule is CC(C)COC1(C2=NCCN2)COc2c(F)cccc2O1. The van der Waals surface area contributed by atoms with Gasteiger partial charge in [0.1, 0.15) is 0 Å². The molecule has 3 rings (SSSR count). The second kappa shape index (κ2) is 5.52. The largest absolute Gasteiger partial charge is 0.479 e. The fourth-order valence-electron chi connectivity index (χ4n) is 2.29. The molecule has 6 heteroatoms. The number of nitrogens with one attached hydrogen (secondary N) is 1. The molecule has 5 nitrogen and oxygen atoms in total. The first-order valence-corrected chi connectivity index (χ1v) is 7.14. The van der Waals surface area contributed by atoms with Crippen molar-refractivity contribution in [2.24, 2.45) is 10.9 Å². The molecule has 2 aliphatic rings. The summed E-state index contributed by atoms with van der Waals surface area (Å²) in [6.07, 6.45) is 0. The van der Waals surface area contributed by atoms with E-state index in [0.717, 1.165) is 6.54 Å². The van der Waals surface area contributed by atoms with E-state index < -0.39 is 11.6 Å². The smallest absolute Gasteiger partial charge is 0.304 e. The number of halogens is 1. The van der Waals surface area contributed by atoms with E-state index >= 15 is 0 Å². The normalized spacial score (nSPS) is 23.9. The van der Waals surface area contributed by atoms with Crippen molar-refractivity contribution in [2.45, 2.75) is 19.6 Å². The van der Waals surface area contributed by atoms with Crippen LogP contribution in [0.5, 0.6) is 11.5 Å². The lowest BCUT2D eigenvalue weighted by molar-refractivity contribution is -0.170. The van der Waals surface area contributed by atoms with Gasteiger partial charge in [-0.1, -0.05) is 19.9 Å². The number of rotatable bonds is 4. The molecule has 0 fully saturated rings. The quantitative estimate of drug-likeness (QED) is 0.922. The summed E-state index contributed by atoms with van der Waals surface area (Å²) in [5.41, 5.74) is 0. The summed E-state index contributed by atoms with van der Waals surface area (Å²) in [7, 11) is 0. The molecule has 0 aromatic heterocycles. The van der Waals surface area contributed by atoms with Gasteiger partial charge in [-0.3, -0.25) is 4.99 Å². The molecule has 0 saturated heterocycles. The van der Waals surface area contributed by atoms with Gasteiger partial charge >= 0.3 is 5.79 Å². The first kappa shape index (κ1) is 14.1. The highest BCUT2D eigenvalue weighted by atomic mass is 19.1. The van der Waals surface area contributed by atoms with Crippen molar-refractivity contribution in [3.05, 3.63) is 24.0 Å². The molecular weight excluding hydrogens is 275 g/mol. The molecule has 2 aliphatic heterocycles. The molecule has 1 N–H and O–H groups in total. The van der Waals surface area contributed by atoms with E-state index in [0.29, 0.717) is 30.7 Å². The third-order valence-corrected chi connectivity index (χ3v) is 3.30. The van der Waals surface area contributed by atoms with E-state index in [1.54, 1.807) is 12.1 Å². The number of benzene rings is 1. The van der Waals surface area contributed by atoms with Crippen LogP contribution in [-0.4, -0.2) is 37.9 Å². The lowest BCUT2D eigenvalue weighted by atomic mass is 10.2. The molecule has 21 heavy (non-hydrogen) atoms. The average molecular weight is 294 g/mol. The lowest BCUT2D eigenvalue weighted by Crippen LogP contribution is -2.58. The Morgan fingerprint density at radius 2 is 2.33 bits per heavy atom. The first-order valence-electron chi connectivity index (χ1n) is 7.14. The number of nitrogens with zero attached hydrogens (tertiary/aromatic N) is 1. The highest BCUT2D eigenvalue weighted by molar-refractivity contribution is 5.91. The van der Waals surface area contributed by atoms with Crippen molar-refractivity contribution in [1.82, 2.24) is 5.32 Å². The average Bonchev–Trinajstić information content (AvgIpc) is 3.00. The van der Waals surface area contributed by atoms with Crippen LogP contribution in [0.3, 0.4) is 0 Å². The number of hydrogen-bond acceptors (Lipinski definition) is 5. The fourth-order valence-corrected chi connectivity index (χ4v) is 2.29. The Balaban J connectivity index is 1.91. The molecule has 1 aromatic carbocycles.